The van der Waals surface area contributed by atoms with Gasteiger partial charge in [-0.15, -0.1) is 10.2 Å². The number of hydrogen-bond acceptors (Lipinski definition) is 5. The van der Waals surface area contributed by atoms with Gasteiger partial charge in [-0.3, -0.25) is 9.69 Å². The number of aromatic nitrogens is 3. The number of carbonyl (C=O) groups excluding carboxylic acids is 1. The largest absolute Gasteiger partial charge is 0.353 e. The van der Waals surface area contributed by atoms with E-state index < -0.39 is 0 Å². The van der Waals surface area contributed by atoms with Gasteiger partial charge in [0.1, 0.15) is 0 Å². The van der Waals surface area contributed by atoms with E-state index in [2.05, 4.69) is 58.1 Å². The molecule has 6 nitrogen and oxygen atoms in total. The molecule has 1 amide bonds. The fraction of sp³-hybridized carbons (Fsp3) is 0.591. The molecule has 1 aliphatic carbocycles. The highest BCUT2D eigenvalue weighted by atomic mass is 32.2. The van der Waals surface area contributed by atoms with Crippen molar-refractivity contribution >= 4 is 17.7 Å². The molecule has 158 valence electrons. The van der Waals surface area contributed by atoms with Crippen LogP contribution in [0.1, 0.15) is 62.9 Å². The van der Waals surface area contributed by atoms with Gasteiger partial charge in [-0.25, -0.2) is 0 Å². The molecule has 1 heterocycles. The molecule has 1 N–H and O–H groups in total. The number of thioether (sulfide) groups is 1. The Morgan fingerprint density at radius 2 is 1.93 bits per heavy atom. The molecule has 0 saturated heterocycles. The van der Waals surface area contributed by atoms with Crippen LogP contribution < -0.4 is 5.32 Å². The Kier molecular flexibility index (Phi) is 8.12. The normalized spacial score (nSPS) is 16.1. The zero-order chi connectivity index (χ0) is 20.6. The Hall–Kier alpha value is -1.86. The quantitative estimate of drug-likeness (QED) is 0.630. The van der Waals surface area contributed by atoms with Gasteiger partial charge in [0.15, 0.2) is 11.0 Å². The fourth-order valence-corrected chi connectivity index (χ4v) is 4.75. The molecule has 1 fully saturated rings. The van der Waals surface area contributed by atoms with Gasteiger partial charge in [0.25, 0.3) is 0 Å². The summed E-state index contributed by atoms with van der Waals surface area (Å²) in [5.74, 6) is 1.43. The Morgan fingerprint density at radius 1 is 1.21 bits per heavy atom. The summed E-state index contributed by atoms with van der Waals surface area (Å²) in [6.45, 7) is 2.87. The lowest BCUT2D eigenvalue weighted by Crippen LogP contribution is -2.37. The molecule has 1 aromatic heterocycles. The van der Waals surface area contributed by atoms with Gasteiger partial charge in [0, 0.05) is 6.04 Å². The van der Waals surface area contributed by atoms with Crippen LogP contribution in [-0.4, -0.2) is 51.5 Å². The van der Waals surface area contributed by atoms with Crippen LogP contribution in [0.25, 0.3) is 0 Å². The van der Waals surface area contributed by atoms with Crippen LogP contribution in [0.3, 0.4) is 0 Å². The second-order valence-corrected chi connectivity index (χ2v) is 8.93. The van der Waals surface area contributed by atoms with Gasteiger partial charge < -0.3 is 9.88 Å². The van der Waals surface area contributed by atoms with E-state index in [4.69, 9.17) is 0 Å². The lowest BCUT2D eigenvalue weighted by molar-refractivity contribution is -0.119. The SMILES string of the molecule is CC[C@@H](c1nnc(SCC(=O)NC2CCCCC2)n1Cc1ccccc1)N(C)C. The third kappa shape index (κ3) is 6.06. The van der Waals surface area contributed by atoms with Crippen molar-refractivity contribution in [3.05, 3.63) is 41.7 Å². The topological polar surface area (TPSA) is 63.1 Å². The minimum atomic E-state index is 0.0948. The summed E-state index contributed by atoms with van der Waals surface area (Å²) in [6, 6.07) is 10.9. The van der Waals surface area contributed by atoms with Crippen molar-refractivity contribution in [3.63, 3.8) is 0 Å². The molecular formula is C22H33N5OS. The van der Waals surface area contributed by atoms with Gasteiger partial charge in [-0.05, 0) is 38.9 Å². The van der Waals surface area contributed by atoms with Crippen molar-refractivity contribution < 1.29 is 4.79 Å². The number of carbonyl (C=O) groups is 1. The average molecular weight is 416 g/mol. The van der Waals surface area contributed by atoms with Crippen LogP contribution in [-0.2, 0) is 11.3 Å². The summed E-state index contributed by atoms with van der Waals surface area (Å²) in [5, 5.41) is 13.0. The highest BCUT2D eigenvalue weighted by Crippen LogP contribution is 2.26. The number of benzene rings is 1. The zero-order valence-electron chi connectivity index (χ0n) is 17.8. The van der Waals surface area contributed by atoms with Crippen molar-refractivity contribution in [1.29, 1.82) is 0 Å². The molecule has 3 rings (SSSR count). The van der Waals surface area contributed by atoms with E-state index in [0.717, 1.165) is 30.2 Å². The molecule has 7 heteroatoms. The minimum absolute atomic E-state index is 0.0948. The van der Waals surface area contributed by atoms with Crippen LogP contribution in [0.5, 0.6) is 0 Å². The predicted molar refractivity (Wildman–Crippen MR) is 118 cm³/mol. The van der Waals surface area contributed by atoms with Crippen molar-refractivity contribution in [2.75, 3.05) is 19.8 Å². The molecule has 1 aliphatic rings. The first-order chi connectivity index (χ1) is 14.1. The van der Waals surface area contributed by atoms with Gasteiger partial charge in [0.2, 0.25) is 5.91 Å². The molecule has 0 aliphatic heterocycles. The van der Waals surface area contributed by atoms with E-state index in [1.165, 1.54) is 36.6 Å². The third-order valence-electron chi connectivity index (χ3n) is 5.54. The van der Waals surface area contributed by atoms with E-state index >= 15 is 0 Å². The Morgan fingerprint density at radius 3 is 2.59 bits per heavy atom. The second kappa shape index (κ2) is 10.8. The van der Waals surface area contributed by atoms with E-state index in [-0.39, 0.29) is 11.9 Å². The molecule has 2 aromatic rings. The van der Waals surface area contributed by atoms with E-state index in [0.29, 0.717) is 18.3 Å². The first-order valence-corrected chi connectivity index (χ1v) is 11.6. The fourth-order valence-electron chi connectivity index (χ4n) is 3.99. The molecule has 0 spiro atoms. The molecule has 0 bridgehead atoms. The van der Waals surface area contributed by atoms with Crippen molar-refractivity contribution in [2.24, 2.45) is 0 Å². The molecule has 1 saturated carbocycles. The zero-order valence-corrected chi connectivity index (χ0v) is 18.6. The number of nitrogens with zero attached hydrogens (tertiary/aromatic N) is 4. The number of amides is 1. The van der Waals surface area contributed by atoms with Gasteiger partial charge in [0.05, 0.1) is 18.3 Å². The Bertz CT molecular complexity index is 771. The van der Waals surface area contributed by atoms with Crippen LogP contribution in [0, 0.1) is 0 Å². The average Bonchev–Trinajstić information content (AvgIpc) is 3.10. The highest BCUT2D eigenvalue weighted by molar-refractivity contribution is 7.99. The summed E-state index contributed by atoms with van der Waals surface area (Å²) in [6.07, 6.45) is 6.88. The summed E-state index contributed by atoms with van der Waals surface area (Å²) in [5.41, 5.74) is 1.20. The minimum Gasteiger partial charge on any atom is -0.353 e. The Labute approximate surface area is 178 Å². The summed E-state index contributed by atoms with van der Waals surface area (Å²) < 4.78 is 2.17. The number of nitrogens with one attached hydrogen (secondary N) is 1. The maximum absolute atomic E-state index is 12.5. The van der Waals surface area contributed by atoms with E-state index in [1.54, 1.807) is 0 Å². The first kappa shape index (κ1) is 21.8. The maximum Gasteiger partial charge on any atom is 0.230 e. The number of rotatable bonds is 9. The second-order valence-electron chi connectivity index (χ2n) is 7.99. The van der Waals surface area contributed by atoms with Crippen LogP contribution in [0.4, 0.5) is 0 Å². The highest BCUT2D eigenvalue weighted by Gasteiger charge is 2.23. The van der Waals surface area contributed by atoms with Crippen LogP contribution in [0.15, 0.2) is 35.5 Å². The molecular weight excluding hydrogens is 382 g/mol. The van der Waals surface area contributed by atoms with E-state index in [1.807, 2.05) is 18.2 Å². The molecule has 0 unspecified atom stereocenters. The monoisotopic (exact) mass is 415 g/mol. The van der Waals surface area contributed by atoms with Crippen LogP contribution >= 0.6 is 11.8 Å². The van der Waals surface area contributed by atoms with Gasteiger partial charge >= 0.3 is 0 Å². The molecule has 0 radical (unpaired) electrons. The predicted octanol–water partition coefficient (Wildman–Crippen LogP) is 3.88. The standard InChI is InChI=1S/C22H33N5OS/c1-4-19(26(2)3)21-24-25-22(27(21)15-17-11-7-5-8-12-17)29-16-20(28)23-18-13-9-6-10-14-18/h5,7-8,11-12,18-19H,4,6,9-10,13-16H2,1-3H3,(H,23,28)/t19-/m0/s1. The van der Waals surface area contributed by atoms with Crippen molar-refractivity contribution in [2.45, 2.75) is 69.2 Å². The van der Waals surface area contributed by atoms with Crippen LogP contribution in [0.2, 0.25) is 0 Å². The lowest BCUT2D eigenvalue weighted by Gasteiger charge is -2.23. The van der Waals surface area contributed by atoms with Gasteiger partial charge in [-0.1, -0.05) is 68.3 Å². The number of hydrogen-bond donors (Lipinski definition) is 1. The molecule has 1 aromatic carbocycles. The van der Waals surface area contributed by atoms with Gasteiger partial charge in [-0.2, -0.15) is 0 Å². The lowest BCUT2D eigenvalue weighted by atomic mass is 9.95. The third-order valence-corrected chi connectivity index (χ3v) is 6.51. The molecule has 1 atom stereocenters. The van der Waals surface area contributed by atoms with Crippen molar-refractivity contribution in [1.82, 2.24) is 25.0 Å². The Balaban J connectivity index is 1.72. The first-order valence-electron chi connectivity index (χ1n) is 10.6. The molecule has 29 heavy (non-hydrogen) atoms. The summed E-state index contributed by atoms with van der Waals surface area (Å²) in [4.78, 5) is 14.6. The van der Waals surface area contributed by atoms with E-state index in [9.17, 15) is 4.79 Å². The summed E-state index contributed by atoms with van der Waals surface area (Å²) >= 11 is 1.48. The van der Waals surface area contributed by atoms with Crippen molar-refractivity contribution in [3.8, 4) is 0 Å². The summed E-state index contributed by atoms with van der Waals surface area (Å²) in [7, 11) is 4.14. The smallest absolute Gasteiger partial charge is 0.230 e. The maximum atomic E-state index is 12.5.